The fourth-order valence-corrected chi connectivity index (χ4v) is 4.13. The molecule has 184 valence electrons. The number of nitrogens with one attached hydrogen (secondary N) is 2. The Hall–Kier alpha value is -3.86. The maximum absolute atomic E-state index is 13.7. The molecule has 1 aromatic carbocycles. The summed E-state index contributed by atoms with van der Waals surface area (Å²) < 4.78 is 28.8. The van der Waals surface area contributed by atoms with E-state index in [9.17, 15) is 28.6 Å². The summed E-state index contributed by atoms with van der Waals surface area (Å²) in [5.41, 5.74) is 2.25. The van der Waals surface area contributed by atoms with E-state index in [0.29, 0.717) is 19.0 Å². The van der Waals surface area contributed by atoms with Crippen molar-refractivity contribution in [2.45, 2.75) is 44.9 Å². The molecule has 1 amide bonds. The van der Waals surface area contributed by atoms with Crippen LogP contribution in [0.3, 0.4) is 0 Å². The highest BCUT2D eigenvalue weighted by molar-refractivity contribution is 5.95. The molecule has 0 spiro atoms. The van der Waals surface area contributed by atoms with Crippen LogP contribution in [0.2, 0.25) is 0 Å². The topological polar surface area (TPSA) is 129 Å². The Bertz CT molecular complexity index is 1230. The first kappa shape index (κ1) is 24.3. The molecule has 0 saturated heterocycles. The van der Waals surface area contributed by atoms with Gasteiger partial charge in [0, 0.05) is 31.3 Å². The number of nitrogens with zero attached hydrogens (tertiary/aromatic N) is 3. The lowest BCUT2D eigenvalue weighted by Crippen LogP contribution is -2.31. The number of halogens is 2. The molecule has 1 aliphatic rings. The highest BCUT2D eigenvalue weighted by Gasteiger charge is 2.24. The molecule has 1 aliphatic heterocycles. The third-order valence-electron chi connectivity index (χ3n) is 5.85. The summed E-state index contributed by atoms with van der Waals surface area (Å²) in [6.07, 6.45) is 3.23. The fraction of sp³-hybridized carbons (Fsp3) is 0.333. The van der Waals surface area contributed by atoms with E-state index in [1.54, 1.807) is 0 Å². The number of carboxylic acid groups (broad SMARTS) is 1. The zero-order valence-corrected chi connectivity index (χ0v) is 18.8. The third kappa shape index (κ3) is 5.80. The minimum absolute atomic E-state index is 0.0247. The van der Waals surface area contributed by atoms with E-state index in [0.717, 1.165) is 43.0 Å². The van der Waals surface area contributed by atoms with E-state index in [2.05, 4.69) is 20.7 Å². The number of fused-ring (bicyclic) bond motifs is 1. The van der Waals surface area contributed by atoms with Gasteiger partial charge < -0.3 is 20.8 Å². The number of carbonyl (C=O) groups excluding carboxylic acids is 1. The van der Waals surface area contributed by atoms with Gasteiger partial charge in [-0.25, -0.2) is 13.8 Å². The summed E-state index contributed by atoms with van der Waals surface area (Å²) >= 11 is 0. The molecule has 0 bridgehead atoms. The number of carboxylic acids is 1. The molecule has 1 atom stereocenters. The predicted molar refractivity (Wildman–Crippen MR) is 122 cm³/mol. The van der Waals surface area contributed by atoms with Gasteiger partial charge in [-0.3, -0.25) is 14.3 Å². The number of hydrogen-bond donors (Lipinski definition) is 4. The fourth-order valence-electron chi connectivity index (χ4n) is 4.13. The Morgan fingerprint density at radius 2 is 1.97 bits per heavy atom. The van der Waals surface area contributed by atoms with Crippen LogP contribution < -0.4 is 10.6 Å². The van der Waals surface area contributed by atoms with Crippen LogP contribution in [0.1, 0.15) is 51.8 Å². The van der Waals surface area contributed by atoms with Gasteiger partial charge in [0.1, 0.15) is 17.5 Å². The average Bonchev–Trinajstić information content (AvgIpc) is 3.24. The van der Waals surface area contributed by atoms with Crippen molar-refractivity contribution in [1.82, 2.24) is 20.1 Å². The molecule has 2 aromatic heterocycles. The van der Waals surface area contributed by atoms with Gasteiger partial charge in [-0.15, -0.1) is 0 Å². The highest BCUT2D eigenvalue weighted by atomic mass is 19.1. The lowest BCUT2D eigenvalue weighted by Gasteiger charge is -2.18. The van der Waals surface area contributed by atoms with Crippen LogP contribution in [-0.4, -0.2) is 43.4 Å². The Kier molecular flexibility index (Phi) is 7.35. The molecule has 0 radical (unpaired) electrons. The van der Waals surface area contributed by atoms with Crippen LogP contribution >= 0.6 is 0 Å². The first-order chi connectivity index (χ1) is 16.8. The lowest BCUT2D eigenvalue weighted by molar-refractivity contribution is -0.137. The van der Waals surface area contributed by atoms with Crippen molar-refractivity contribution >= 4 is 17.7 Å². The number of anilines is 1. The summed E-state index contributed by atoms with van der Waals surface area (Å²) in [5.74, 6) is -2.88. The summed E-state index contributed by atoms with van der Waals surface area (Å²) in [6, 6.07) is 5.38. The largest absolute Gasteiger partial charge is 0.481 e. The summed E-state index contributed by atoms with van der Waals surface area (Å²) in [5, 5.41) is 29.1. The number of rotatable bonds is 9. The van der Waals surface area contributed by atoms with Crippen LogP contribution in [0.5, 0.6) is 0 Å². The first-order valence-corrected chi connectivity index (χ1v) is 11.2. The second kappa shape index (κ2) is 10.6. The van der Waals surface area contributed by atoms with Gasteiger partial charge in [-0.1, -0.05) is 6.07 Å². The number of hydrogen-bond acceptors (Lipinski definition) is 6. The van der Waals surface area contributed by atoms with Crippen LogP contribution in [0, 0.1) is 11.6 Å². The number of pyridine rings is 1. The smallest absolute Gasteiger partial charge is 0.305 e. The monoisotopic (exact) mass is 485 g/mol. The zero-order chi connectivity index (χ0) is 24.9. The van der Waals surface area contributed by atoms with Gasteiger partial charge in [-0.05, 0) is 42.2 Å². The quantitative estimate of drug-likeness (QED) is 0.367. The normalized spacial score (nSPS) is 13.6. The molecule has 1 unspecified atom stereocenters. The second-order valence-electron chi connectivity index (χ2n) is 8.30. The van der Waals surface area contributed by atoms with Gasteiger partial charge in [0.05, 0.1) is 36.5 Å². The van der Waals surface area contributed by atoms with Crippen molar-refractivity contribution in [3.63, 3.8) is 0 Å². The molecular formula is C24H25F2N5O4. The Labute approximate surface area is 199 Å². The van der Waals surface area contributed by atoms with Crippen molar-refractivity contribution in [1.29, 1.82) is 0 Å². The minimum Gasteiger partial charge on any atom is -0.481 e. The van der Waals surface area contributed by atoms with Gasteiger partial charge in [0.15, 0.2) is 0 Å². The van der Waals surface area contributed by atoms with Gasteiger partial charge in [0.2, 0.25) is 0 Å². The number of benzene rings is 1. The minimum atomic E-state index is -1.26. The Morgan fingerprint density at radius 1 is 1.20 bits per heavy atom. The molecule has 0 fully saturated rings. The zero-order valence-electron chi connectivity index (χ0n) is 18.8. The van der Waals surface area contributed by atoms with E-state index >= 15 is 0 Å². The van der Waals surface area contributed by atoms with Crippen LogP contribution in [0.4, 0.5) is 14.6 Å². The molecular weight excluding hydrogens is 460 g/mol. The number of aliphatic hydroxyl groups excluding tert-OH is 1. The predicted octanol–water partition coefficient (Wildman–Crippen LogP) is 2.60. The van der Waals surface area contributed by atoms with Crippen molar-refractivity contribution in [3.05, 3.63) is 76.2 Å². The summed E-state index contributed by atoms with van der Waals surface area (Å²) in [4.78, 5) is 28.9. The van der Waals surface area contributed by atoms with Gasteiger partial charge in [-0.2, -0.15) is 5.10 Å². The maximum Gasteiger partial charge on any atom is 0.305 e. The number of carbonyl (C=O) groups is 2. The molecule has 4 N–H and O–H groups in total. The SMILES string of the molecule is O=C(O)CC(NC(=O)c1cnn(CCc2ccc3c(n2)NCCC3)c1CO)c1cc(F)cc(F)c1. The average molecular weight is 485 g/mol. The molecule has 0 aliphatic carbocycles. The van der Waals surface area contributed by atoms with Crippen molar-refractivity contribution in [2.75, 3.05) is 11.9 Å². The maximum atomic E-state index is 13.7. The molecule has 35 heavy (non-hydrogen) atoms. The van der Waals surface area contributed by atoms with Crippen LogP contribution in [0.25, 0.3) is 0 Å². The number of aryl methyl sites for hydroxylation is 3. The van der Waals surface area contributed by atoms with E-state index in [-0.39, 0.29) is 16.8 Å². The Balaban J connectivity index is 1.49. The van der Waals surface area contributed by atoms with Crippen molar-refractivity contribution in [2.24, 2.45) is 0 Å². The van der Waals surface area contributed by atoms with Gasteiger partial charge >= 0.3 is 5.97 Å². The Morgan fingerprint density at radius 3 is 2.69 bits per heavy atom. The van der Waals surface area contributed by atoms with Crippen LogP contribution in [0.15, 0.2) is 36.5 Å². The van der Waals surface area contributed by atoms with E-state index < -0.39 is 42.6 Å². The lowest BCUT2D eigenvalue weighted by atomic mass is 10.0. The molecule has 0 saturated carbocycles. The van der Waals surface area contributed by atoms with Crippen molar-refractivity contribution < 1.29 is 28.6 Å². The summed E-state index contributed by atoms with van der Waals surface area (Å²) in [7, 11) is 0. The molecule has 3 heterocycles. The number of aromatic nitrogens is 3. The number of aliphatic carboxylic acids is 1. The van der Waals surface area contributed by atoms with E-state index in [4.69, 9.17) is 0 Å². The number of aliphatic hydroxyl groups is 1. The molecule has 11 heteroatoms. The van der Waals surface area contributed by atoms with Gasteiger partial charge in [0.25, 0.3) is 5.91 Å². The van der Waals surface area contributed by atoms with Crippen LogP contribution in [-0.2, 0) is 30.8 Å². The summed E-state index contributed by atoms with van der Waals surface area (Å²) in [6.45, 7) is 0.740. The second-order valence-corrected chi connectivity index (χ2v) is 8.30. The highest BCUT2D eigenvalue weighted by Crippen LogP contribution is 2.22. The first-order valence-electron chi connectivity index (χ1n) is 11.2. The molecule has 4 rings (SSSR count). The molecule has 3 aromatic rings. The van der Waals surface area contributed by atoms with E-state index in [1.165, 1.54) is 16.4 Å². The third-order valence-corrected chi connectivity index (χ3v) is 5.85. The van der Waals surface area contributed by atoms with E-state index in [1.807, 2.05) is 12.1 Å². The standard InChI is InChI=1S/C24H25F2N5O4/c25-16-8-15(9-17(26)10-16)20(11-22(33)34)30-24(35)19-12-28-31(21(19)13-32)7-5-18-4-3-14-2-1-6-27-23(14)29-18/h3-4,8-10,12,20,32H,1-2,5-7,11,13H2,(H,27,29)(H,30,35)(H,33,34). The number of amides is 1. The molecule has 9 nitrogen and oxygen atoms in total. The van der Waals surface area contributed by atoms with Crippen molar-refractivity contribution in [3.8, 4) is 0 Å².